The predicted molar refractivity (Wildman–Crippen MR) is 70.1 cm³/mol. The summed E-state index contributed by atoms with van der Waals surface area (Å²) in [6.45, 7) is 4.02. The third kappa shape index (κ3) is 3.44. The van der Waals surface area contributed by atoms with E-state index in [0.717, 1.165) is 0 Å². The van der Waals surface area contributed by atoms with Crippen molar-refractivity contribution in [2.45, 2.75) is 52.0 Å². The number of rotatable bonds is 5. The van der Waals surface area contributed by atoms with Gasteiger partial charge in [0.1, 0.15) is 0 Å². The van der Waals surface area contributed by atoms with E-state index in [1.807, 2.05) is 6.92 Å². The summed E-state index contributed by atoms with van der Waals surface area (Å²) in [4.78, 5) is 12.2. The van der Waals surface area contributed by atoms with Crippen molar-refractivity contribution in [2.24, 2.45) is 17.6 Å². The van der Waals surface area contributed by atoms with Gasteiger partial charge in [-0.25, -0.2) is 0 Å². The first-order chi connectivity index (χ1) is 7.56. The lowest BCUT2D eigenvalue weighted by molar-refractivity contribution is -0.124. The Balaban J connectivity index is 2.45. The van der Waals surface area contributed by atoms with Gasteiger partial charge in [0, 0.05) is 6.04 Å². The van der Waals surface area contributed by atoms with Crippen molar-refractivity contribution in [3.63, 3.8) is 0 Å². The lowest BCUT2D eigenvalue weighted by Crippen LogP contribution is -2.44. The lowest BCUT2D eigenvalue weighted by Gasteiger charge is -2.23. The summed E-state index contributed by atoms with van der Waals surface area (Å²) in [6, 6.07) is 0.249. The average Bonchev–Trinajstić information content (AvgIpc) is 2.70. The summed E-state index contributed by atoms with van der Waals surface area (Å²) >= 11 is 4.90. The van der Waals surface area contributed by atoms with Gasteiger partial charge in [0.2, 0.25) is 5.91 Å². The van der Waals surface area contributed by atoms with Crippen LogP contribution in [0.3, 0.4) is 0 Å². The van der Waals surface area contributed by atoms with Gasteiger partial charge in [0.25, 0.3) is 0 Å². The molecule has 1 amide bonds. The van der Waals surface area contributed by atoms with Crippen LogP contribution < -0.4 is 11.1 Å². The van der Waals surface area contributed by atoms with Crippen LogP contribution in [0, 0.1) is 11.8 Å². The molecule has 0 aromatic carbocycles. The third-order valence-electron chi connectivity index (χ3n) is 3.55. The van der Waals surface area contributed by atoms with E-state index in [9.17, 15) is 4.79 Å². The van der Waals surface area contributed by atoms with Gasteiger partial charge in [-0.3, -0.25) is 4.79 Å². The van der Waals surface area contributed by atoms with Gasteiger partial charge in [-0.05, 0) is 32.1 Å². The van der Waals surface area contributed by atoms with Gasteiger partial charge in [-0.15, -0.1) is 0 Å². The Morgan fingerprint density at radius 1 is 1.50 bits per heavy atom. The smallest absolute Gasteiger partial charge is 0.230 e. The van der Waals surface area contributed by atoms with Crippen molar-refractivity contribution < 1.29 is 4.79 Å². The van der Waals surface area contributed by atoms with Crippen LogP contribution in [0.5, 0.6) is 0 Å². The van der Waals surface area contributed by atoms with Crippen molar-refractivity contribution >= 4 is 23.1 Å². The topological polar surface area (TPSA) is 55.1 Å². The molecule has 16 heavy (non-hydrogen) atoms. The van der Waals surface area contributed by atoms with Gasteiger partial charge in [0.15, 0.2) is 0 Å². The van der Waals surface area contributed by atoms with Gasteiger partial charge in [-0.2, -0.15) is 0 Å². The molecule has 2 atom stereocenters. The molecule has 3 nitrogen and oxygen atoms in total. The molecular weight excluding hydrogens is 220 g/mol. The molecule has 1 aliphatic rings. The first kappa shape index (κ1) is 13.4. The Morgan fingerprint density at radius 3 is 2.50 bits per heavy atom. The Labute approximate surface area is 103 Å². The maximum atomic E-state index is 11.9. The molecule has 1 aliphatic carbocycles. The van der Waals surface area contributed by atoms with Crippen LogP contribution >= 0.6 is 12.2 Å². The van der Waals surface area contributed by atoms with Crippen LogP contribution in [0.1, 0.15) is 46.0 Å². The molecule has 1 fully saturated rings. The third-order valence-corrected chi connectivity index (χ3v) is 3.83. The fraction of sp³-hybridized carbons (Fsp3) is 0.833. The number of amides is 1. The number of thiocarbonyl (C=S) groups is 1. The highest BCUT2D eigenvalue weighted by Crippen LogP contribution is 2.27. The van der Waals surface area contributed by atoms with E-state index in [1.54, 1.807) is 0 Å². The Bertz CT molecular complexity index is 262. The summed E-state index contributed by atoms with van der Waals surface area (Å²) in [6.07, 6.45) is 5.71. The largest absolute Gasteiger partial charge is 0.393 e. The minimum atomic E-state index is -0.307. The molecule has 0 saturated heterocycles. The molecule has 1 saturated carbocycles. The van der Waals surface area contributed by atoms with E-state index < -0.39 is 0 Å². The van der Waals surface area contributed by atoms with E-state index in [4.69, 9.17) is 18.0 Å². The van der Waals surface area contributed by atoms with Crippen LogP contribution in [0.2, 0.25) is 0 Å². The molecule has 2 unspecified atom stereocenters. The Morgan fingerprint density at radius 2 is 2.06 bits per heavy atom. The zero-order valence-corrected chi connectivity index (χ0v) is 11.0. The molecule has 0 spiro atoms. The van der Waals surface area contributed by atoms with E-state index >= 15 is 0 Å². The molecule has 0 heterocycles. The van der Waals surface area contributed by atoms with Gasteiger partial charge < -0.3 is 11.1 Å². The van der Waals surface area contributed by atoms with Gasteiger partial charge in [0.05, 0.1) is 10.9 Å². The van der Waals surface area contributed by atoms with Crippen molar-refractivity contribution in [1.29, 1.82) is 0 Å². The standard InChI is InChI=1S/C12H22N2OS/c1-3-10(11(13)16)12(15)14-8(2)9-6-4-5-7-9/h8-10H,3-7H2,1-2H3,(H2,13,16)(H,14,15). The highest BCUT2D eigenvalue weighted by molar-refractivity contribution is 7.80. The maximum absolute atomic E-state index is 11.9. The molecule has 0 aromatic rings. The number of nitrogens with one attached hydrogen (secondary N) is 1. The van der Waals surface area contributed by atoms with Crippen LogP contribution in [0.15, 0.2) is 0 Å². The highest BCUT2D eigenvalue weighted by Gasteiger charge is 2.26. The minimum absolute atomic E-state index is 0.00519. The number of carbonyl (C=O) groups excluding carboxylic acids is 1. The number of hydrogen-bond acceptors (Lipinski definition) is 2. The van der Waals surface area contributed by atoms with E-state index in [0.29, 0.717) is 17.3 Å². The minimum Gasteiger partial charge on any atom is -0.393 e. The van der Waals surface area contributed by atoms with Crippen LogP contribution in [0.25, 0.3) is 0 Å². The van der Waals surface area contributed by atoms with Crippen LogP contribution in [0.4, 0.5) is 0 Å². The number of nitrogens with two attached hydrogens (primary N) is 1. The van der Waals surface area contributed by atoms with E-state index in [-0.39, 0.29) is 17.9 Å². The molecule has 0 bridgehead atoms. The summed E-state index contributed by atoms with van der Waals surface area (Å²) < 4.78 is 0. The average molecular weight is 242 g/mol. The Kier molecular flexibility index (Phi) is 5.19. The molecule has 92 valence electrons. The fourth-order valence-electron chi connectivity index (χ4n) is 2.42. The molecule has 0 aromatic heterocycles. The molecule has 0 radical (unpaired) electrons. The van der Waals surface area contributed by atoms with Crippen molar-refractivity contribution in [2.75, 3.05) is 0 Å². The van der Waals surface area contributed by atoms with Gasteiger partial charge >= 0.3 is 0 Å². The predicted octanol–water partition coefficient (Wildman–Crippen LogP) is 1.99. The fourth-order valence-corrected chi connectivity index (χ4v) is 2.69. The molecule has 3 N–H and O–H groups in total. The van der Waals surface area contributed by atoms with E-state index in [1.165, 1.54) is 25.7 Å². The molecular formula is C12H22N2OS. The monoisotopic (exact) mass is 242 g/mol. The van der Waals surface area contributed by atoms with Crippen molar-refractivity contribution in [3.8, 4) is 0 Å². The quantitative estimate of drug-likeness (QED) is 0.725. The maximum Gasteiger partial charge on any atom is 0.230 e. The Hall–Kier alpha value is -0.640. The SMILES string of the molecule is CCC(C(=O)NC(C)C1CCCC1)C(N)=S. The second-order valence-electron chi connectivity index (χ2n) is 4.71. The molecule has 0 aliphatic heterocycles. The van der Waals surface area contributed by atoms with Crippen molar-refractivity contribution in [1.82, 2.24) is 5.32 Å². The summed E-state index contributed by atoms with van der Waals surface area (Å²) in [5.41, 5.74) is 5.55. The summed E-state index contributed by atoms with van der Waals surface area (Å²) in [7, 11) is 0. The van der Waals surface area contributed by atoms with Crippen LogP contribution in [-0.4, -0.2) is 16.9 Å². The summed E-state index contributed by atoms with van der Waals surface area (Å²) in [5, 5.41) is 3.05. The number of carbonyl (C=O) groups is 1. The zero-order chi connectivity index (χ0) is 12.1. The van der Waals surface area contributed by atoms with Gasteiger partial charge in [-0.1, -0.05) is 32.0 Å². The number of hydrogen-bond donors (Lipinski definition) is 2. The molecule has 1 rings (SSSR count). The highest BCUT2D eigenvalue weighted by atomic mass is 32.1. The first-order valence-corrected chi connectivity index (χ1v) is 6.56. The normalized spacial score (nSPS) is 20.4. The second-order valence-corrected chi connectivity index (χ2v) is 5.18. The lowest BCUT2D eigenvalue weighted by atomic mass is 9.98. The second kappa shape index (κ2) is 6.18. The molecule has 4 heteroatoms. The van der Waals surface area contributed by atoms with Crippen LogP contribution in [-0.2, 0) is 4.79 Å². The zero-order valence-electron chi connectivity index (χ0n) is 10.2. The van der Waals surface area contributed by atoms with Crippen molar-refractivity contribution in [3.05, 3.63) is 0 Å². The first-order valence-electron chi connectivity index (χ1n) is 6.16. The summed E-state index contributed by atoms with van der Waals surface area (Å²) in [5.74, 6) is 0.320. The van der Waals surface area contributed by atoms with E-state index in [2.05, 4.69) is 12.2 Å².